The third kappa shape index (κ3) is 8.81. The Morgan fingerprint density at radius 1 is 1.00 bits per heavy atom. The van der Waals surface area contributed by atoms with Crippen LogP contribution in [0, 0.1) is 6.92 Å². The minimum absolute atomic E-state index is 0.125. The quantitative estimate of drug-likeness (QED) is 0.291. The highest BCUT2D eigenvalue weighted by Crippen LogP contribution is 2.26. The van der Waals surface area contributed by atoms with Gasteiger partial charge < -0.3 is 10.2 Å². The number of sulfonamides is 1. The van der Waals surface area contributed by atoms with Gasteiger partial charge in [-0.25, -0.2) is 8.42 Å². The first-order valence-corrected chi connectivity index (χ1v) is 15.6. The fourth-order valence-corrected chi connectivity index (χ4v) is 5.60. The fourth-order valence-electron chi connectivity index (χ4n) is 4.20. The van der Waals surface area contributed by atoms with Crippen molar-refractivity contribution in [2.24, 2.45) is 0 Å². The SMILES string of the molecule is CCCNC(=O)[C@H](Cc1ccccc1)N(Cc1ccc(Br)cc1)C(=O)CN(c1ccc(Cl)cc1C)S(C)(=O)=O. The molecule has 7 nitrogen and oxygen atoms in total. The maximum absolute atomic E-state index is 14.0. The molecule has 0 spiro atoms. The normalized spacial score (nSPS) is 12.0. The molecule has 208 valence electrons. The number of hydrogen-bond donors (Lipinski definition) is 1. The molecule has 3 aromatic rings. The van der Waals surface area contributed by atoms with E-state index in [1.807, 2.05) is 61.5 Å². The Bertz CT molecular complexity index is 1390. The summed E-state index contributed by atoms with van der Waals surface area (Å²) < 4.78 is 27.7. The van der Waals surface area contributed by atoms with E-state index >= 15 is 0 Å². The van der Waals surface area contributed by atoms with Gasteiger partial charge in [0.1, 0.15) is 12.6 Å². The third-order valence-electron chi connectivity index (χ3n) is 6.19. The number of benzene rings is 3. The number of hydrogen-bond acceptors (Lipinski definition) is 4. The molecule has 0 unspecified atom stereocenters. The van der Waals surface area contributed by atoms with E-state index in [1.54, 1.807) is 25.1 Å². The average molecular weight is 635 g/mol. The smallest absolute Gasteiger partial charge is 0.244 e. The van der Waals surface area contributed by atoms with Gasteiger partial charge in [-0.2, -0.15) is 0 Å². The summed E-state index contributed by atoms with van der Waals surface area (Å²) in [7, 11) is -3.84. The molecular weight excluding hydrogens is 602 g/mol. The molecule has 2 amide bonds. The molecular formula is C29H33BrClN3O4S. The Labute approximate surface area is 244 Å². The summed E-state index contributed by atoms with van der Waals surface area (Å²) in [5.41, 5.74) is 2.66. The first kappa shape index (κ1) is 30.7. The van der Waals surface area contributed by atoms with Crippen LogP contribution in [0.15, 0.2) is 77.3 Å². The Morgan fingerprint density at radius 3 is 2.26 bits per heavy atom. The van der Waals surface area contributed by atoms with Gasteiger partial charge in [0, 0.05) is 29.0 Å². The zero-order valence-corrected chi connectivity index (χ0v) is 25.4. The van der Waals surface area contributed by atoms with E-state index in [9.17, 15) is 18.0 Å². The predicted molar refractivity (Wildman–Crippen MR) is 160 cm³/mol. The summed E-state index contributed by atoms with van der Waals surface area (Å²) in [6.45, 7) is 3.81. The molecule has 39 heavy (non-hydrogen) atoms. The Balaban J connectivity index is 2.05. The molecule has 3 aromatic carbocycles. The van der Waals surface area contributed by atoms with Crippen LogP contribution >= 0.6 is 27.5 Å². The average Bonchev–Trinajstić information content (AvgIpc) is 2.89. The van der Waals surface area contributed by atoms with Crippen LogP contribution < -0.4 is 9.62 Å². The van der Waals surface area contributed by atoms with Crippen molar-refractivity contribution in [3.8, 4) is 0 Å². The molecule has 0 saturated heterocycles. The molecule has 1 atom stereocenters. The second-order valence-corrected chi connectivity index (χ2v) is 12.6. The Morgan fingerprint density at radius 2 is 1.67 bits per heavy atom. The van der Waals surface area contributed by atoms with Crippen molar-refractivity contribution in [2.75, 3.05) is 23.7 Å². The van der Waals surface area contributed by atoms with E-state index in [0.717, 1.165) is 32.6 Å². The number of nitrogens with zero attached hydrogens (tertiary/aromatic N) is 2. The molecule has 0 aliphatic rings. The zero-order chi connectivity index (χ0) is 28.6. The van der Waals surface area contributed by atoms with Crippen LogP contribution in [0.4, 0.5) is 5.69 Å². The molecule has 0 heterocycles. The van der Waals surface area contributed by atoms with Crippen molar-refractivity contribution in [3.63, 3.8) is 0 Å². The number of anilines is 1. The lowest BCUT2D eigenvalue weighted by molar-refractivity contribution is -0.140. The highest BCUT2D eigenvalue weighted by Gasteiger charge is 2.33. The van der Waals surface area contributed by atoms with Crippen LogP contribution in [0.2, 0.25) is 5.02 Å². The highest BCUT2D eigenvalue weighted by atomic mass is 79.9. The van der Waals surface area contributed by atoms with Crippen LogP contribution in [0.5, 0.6) is 0 Å². The largest absolute Gasteiger partial charge is 0.354 e. The van der Waals surface area contributed by atoms with Crippen molar-refractivity contribution >= 4 is 55.1 Å². The molecule has 1 N–H and O–H groups in total. The number of nitrogens with one attached hydrogen (secondary N) is 1. The van der Waals surface area contributed by atoms with Gasteiger partial charge in [-0.3, -0.25) is 13.9 Å². The minimum atomic E-state index is -3.84. The number of carbonyl (C=O) groups is 2. The third-order valence-corrected chi connectivity index (χ3v) is 8.08. The van der Waals surface area contributed by atoms with Gasteiger partial charge in [-0.15, -0.1) is 0 Å². The maximum atomic E-state index is 14.0. The molecule has 0 saturated carbocycles. The summed E-state index contributed by atoms with van der Waals surface area (Å²) in [6.07, 6.45) is 2.07. The summed E-state index contributed by atoms with van der Waals surface area (Å²) in [5.74, 6) is -0.787. The topological polar surface area (TPSA) is 86.8 Å². The number of carbonyl (C=O) groups excluding carboxylic acids is 2. The number of halogens is 2. The molecule has 3 rings (SSSR count). The second-order valence-electron chi connectivity index (χ2n) is 9.35. The first-order valence-electron chi connectivity index (χ1n) is 12.6. The molecule has 0 radical (unpaired) electrons. The van der Waals surface area contributed by atoms with Gasteiger partial charge >= 0.3 is 0 Å². The van der Waals surface area contributed by atoms with Crippen molar-refractivity contribution in [1.82, 2.24) is 10.2 Å². The lowest BCUT2D eigenvalue weighted by Crippen LogP contribution is -2.53. The molecule has 0 aliphatic heterocycles. The standard InChI is InChI=1S/C29H33BrClN3O4S/c1-4-16-32-29(36)27(18-22-8-6-5-7-9-22)33(19-23-10-12-24(30)13-11-23)28(35)20-34(39(3,37)38)26-15-14-25(31)17-21(26)2/h5-15,17,27H,4,16,18-20H2,1-3H3,(H,32,36)/t27-/m0/s1. The predicted octanol–water partition coefficient (Wildman–Crippen LogP) is 5.34. The minimum Gasteiger partial charge on any atom is -0.354 e. The van der Waals surface area contributed by atoms with Crippen LogP contribution in [-0.2, 0) is 32.6 Å². The first-order chi connectivity index (χ1) is 18.5. The van der Waals surface area contributed by atoms with E-state index in [1.165, 1.54) is 4.90 Å². The Kier molecular flexibility index (Phi) is 11.0. The number of rotatable bonds is 12. The van der Waals surface area contributed by atoms with Crippen LogP contribution in [0.25, 0.3) is 0 Å². The van der Waals surface area contributed by atoms with E-state index in [0.29, 0.717) is 22.8 Å². The summed E-state index contributed by atoms with van der Waals surface area (Å²) >= 11 is 9.53. The van der Waals surface area contributed by atoms with Crippen LogP contribution in [0.3, 0.4) is 0 Å². The molecule has 0 aliphatic carbocycles. The van der Waals surface area contributed by atoms with Crippen LogP contribution in [0.1, 0.15) is 30.0 Å². The monoisotopic (exact) mass is 633 g/mol. The molecule has 0 fully saturated rings. The van der Waals surface area contributed by atoms with Gasteiger partial charge in [0.15, 0.2) is 0 Å². The lowest BCUT2D eigenvalue weighted by atomic mass is 10.0. The van der Waals surface area contributed by atoms with Crippen molar-refractivity contribution < 1.29 is 18.0 Å². The van der Waals surface area contributed by atoms with Crippen molar-refractivity contribution in [1.29, 1.82) is 0 Å². The molecule has 0 bridgehead atoms. The van der Waals surface area contributed by atoms with Gasteiger partial charge in [0.2, 0.25) is 21.8 Å². The fraction of sp³-hybridized carbons (Fsp3) is 0.310. The van der Waals surface area contributed by atoms with Crippen molar-refractivity contribution in [2.45, 2.75) is 39.3 Å². The summed E-state index contributed by atoms with van der Waals surface area (Å²) in [5, 5.41) is 3.39. The van der Waals surface area contributed by atoms with E-state index in [-0.39, 0.29) is 18.9 Å². The van der Waals surface area contributed by atoms with Gasteiger partial charge in [0.05, 0.1) is 11.9 Å². The van der Waals surface area contributed by atoms with Gasteiger partial charge in [0.25, 0.3) is 0 Å². The summed E-state index contributed by atoms with van der Waals surface area (Å²) in [6, 6.07) is 20.9. The lowest BCUT2D eigenvalue weighted by Gasteiger charge is -2.33. The van der Waals surface area contributed by atoms with Gasteiger partial charge in [-0.1, -0.05) is 76.9 Å². The van der Waals surface area contributed by atoms with E-state index in [4.69, 9.17) is 11.6 Å². The van der Waals surface area contributed by atoms with Crippen LogP contribution in [-0.4, -0.2) is 50.5 Å². The Hall–Kier alpha value is -2.88. The zero-order valence-electron chi connectivity index (χ0n) is 22.2. The van der Waals surface area contributed by atoms with Crippen molar-refractivity contribution in [3.05, 3.63) is 99.0 Å². The van der Waals surface area contributed by atoms with Gasteiger partial charge in [-0.05, 0) is 60.4 Å². The number of aryl methyl sites for hydroxylation is 1. The van der Waals surface area contributed by atoms with E-state index in [2.05, 4.69) is 21.2 Å². The van der Waals surface area contributed by atoms with E-state index < -0.39 is 28.5 Å². The second kappa shape index (κ2) is 14.0. The summed E-state index contributed by atoms with van der Waals surface area (Å²) in [4.78, 5) is 29.0. The molecule has 10 heteroatoms. The highest BCUT2D eigenvalue weighted by molar-refractivity contribution is 9.10. The number of amides is 2. The maximum Gasteiger partial charge on any atom is 0.244 e. The molecule has 0 aromatic heterocycles.